The lowest BCUT2D eigenvalue weighted by atomic mass is 10.3. The first-order valence-corrected chi connectivity index (χ1v) is 3.09. The van der Waals surface area contributed by atoms with Crippen molar-refractivity contribution in [1.82, 2.24) is 0 Å². The molecule has 0 atom stereocenters. The molecule has 0 saturated heterocycles. The first-order valence-electron chi connectivity index (χ1n) is 3.09. The number of para-hydroxylation sites is 1. The number of aliphatic hydroxyl groups excluding tert-OH is 2. The van der Waals surface area contributed by atoms with Gasteiger partial charge in [0.2, 0.25) is 0 Å². The predicted molar refractivity (Wildman–Crippen MR) is 47.1 cm³/mol. The van der Waals surface area contributed by atoms with Crippen LogP contribution in [0.2, 0.25) is 0 Å². The van der Waals surface area contributed by atoms with Crippen LogP contribution in [0.1, 0.15) is 0 Å². The first-order chi connectivity index (χ1) is 5.39. The van der Waals surface area contributed by atoms with Gasteiger partial charge < -0.3 is 15.9 Å². The van der Waals surface area contributed by atoms with Gasteiger partial charge in [0.15, 0.2) is 0 Å². The lowest BCUT2D eigenvalue weighted by molar-refractivity contribution is 0.399. The Bertz CT molecular complexity index is 142. The monoisotopic (exact) mass is 157 g/mol. The lowest BCUT2D eigenvalue weighted by Gasteiger charge is -1.83. The Balaban J connectivity index is 0. The van der Waals surface area contributed by atoms with Crippen molar-refractivity contribution < 1.29 is 10.2 Å². The van der Waals surface area contributed by atoms with E-state index in [1.165, 1.54) is 0 Å². The summed E-state index contributed by atoms with van der Waals surface area (Å²) in [6, 6.07) is 9.49. The maximum Gasteiger partial charge on any atom is 0.0319 e. The summed E-state index contributed by atoms with van der Waals surface area (Å²) in [4.78, 5) is 0. The van der Waals surface area contributed by atoms with Crippen molar-refractivity contribution in [2.75, 3.05) is 20.0 Å². The van der Waals surface area contributed by atoms with Gasteiger partial charge >= 0.3 is 0 Å². The topological polar surface area (TPSA) is 66.5 Å². The zero-order valence-electron chi connectivity index (χ0n) is 6.86. The van der Waals surface area contributed by atoms with Crippen molar-refractivity contribution in [3.63, 3.8) is 0 Å². The summed E-state index contributed by atoms with van der Waals surface area (Å²) in [5, 5.41) is 14.0. The minimum absolute atomic E-state index is 0.822. The number of aliphatic hydroxyl groups is 2. The molecule has 0 aromatic heterocycles. The molecule has 4 N–H and O–H groups in total. The average Bonchev–Trinajstić information content (AvgIpc) is 2.13. The highest BCUT2D eigenvalue weighted by Gasteiger charge is 1.72. The molecule has 0 saturated carbocycles. The molecule has 11 heavy (non-hydrogen) atoms. The molecule has 0 aliphatic heterocycles. The molecule has 3 nitrogen and oxygen atoms in total. The van der Waals surface area contributed by atoms with Gasteiger partial charge in [-0.3, -0.25) is 0 Å². The van der Waals surface area contributed by atoms with Gasteiger partial charge in [-0.05, 0) is 12.1 Å². The van der Waals surface area contributed by atoms with Gasteiger partial charge in [0.05, 0.1) is 0 Å². The van der Waals surface area contributed by atoms with Crippen LogP contribution in [0.3, 0.4) is 0 Å². The molecular formula is C8H15NO2. The van der Waals surface area contributed by atoms with Gasteiger partial charge in [-0.25, -0.2) is 0 Å². The molecule has 0 radical (unpaired) electrons. The molecule has 64 valence electrons. The molecule has 0 heterocycles. The molecule has 0 fully saturated rings. The molecule has 1 aromatic rings. The van der Waals surface area contributed by atoms with E-state index in [1.54, 1.807) is 0 Å². The quantitative estimate of drug-likeness (QED) is 0.480. The van der Waals surface area contributed by atoms with Crippen molar-refractivity contribution in [1.29, 1.82) is 0 Å². The number of anilines is 1. The van der Waals surface area contributed by atoms with E-state index in [1.807, 2.05) is 30.3 Å². The van der Waals surface area contributed by atoms with E-state index in [2.05, 4.69) is 0 Å². The van der Waals surface area contributed by atoms with E-state index in [0.717, 1.165) is 19.9 Å². The van der Waals surface area contributed by atoms with Crippen molar-refractivity contribution in [3.8, 4) is 0 Å². The number of benzene rings is 1. The van der Waals surface area contributed by atoms with Crippen LogP contribution in [0.5, 0.6) is 0 Å². The SMILES string of the molecule is CO.CO.Nc1ccccc1. The second kappa shape index (κ2) is 11.7. The summed E-state index contributed by atoms with van der Waals surface area (Å²) in [5.74, 6) is 0. The predicted octanol–water partition coefficient (Wildman–Crippen LogP) is 0.486. The van der Waals surface area contributed by atoms with Gasteiger partial charge in [0.25, 0.3) is 0 Å². The number of rotatable bonds is 0. The van der Waals surface area contributed by atoms with Crippen LogP contribution in [0.25, 0.3) is 0 Å². The zero-order valence-corrected chi connectivity index (χ0v) is 6.86. The van der Waals surface area contributed by atoms with Crippen LogP contribution in [0.15, 0.2) is 30.3 Å². The largest absolute Gasteiger partial charge is 0.400 e. The Labute approximate surface area is 67.1 Å². The molecule has 0 aliphatic rings. The second-order valence-corrected chi connectivity index (χ2v) is 1.41. The highest BCUT2D eigenvalue weighted by Crippen LogP contribution is 1.95. The summed E-state index contributed by atoms with van der Waals surface area (Å²) in [6.45, 7) is 0. The maximum atomic E-state index is 7.00. The normalized spacial score (nSPS) is 6.55. The Hall–Kier alpha value is -1.06. The smallest absolute Gasteiger partial charge is 0.0319 e. The summed E-state index contributed by atoms with van der Waals surface area (Å²) >= 11 is 0. The Kier molecular flexibility index (Phi) is 13.4. The van der Waals surface area contributed by atoms with E-state index < -0.39 is 0 Å². The highest BCUT2D eigenvalue weighted by molar-refractivity contribution is 5.35. The molecule has 0 amide bonds. The molecule has 3 heteroatoms. The molecule has 0 bridgehead atoms. The van der Waals surface area contributed by atoms with Crippen LogP contribution in [0, 0.1) is 0 Å². The summed E-state index contributed by atoms with van der Waals surface area (Å²) in [7, 11) is 2.00. The number of nitrogen functional groups attached to an aromatic ring is 1. The maximum absolute atomic E-state index is 7.00. The molecule has 0 aliphatic carbocycles. The van der Waals surface area contributed by atoms with Crippen LogP contribution in [-0.2, 0) is 0 Å². The van der Waals surface area contributed by atoms with E-state index >= 15 is 0 Å². The minimum atomic E-state index is 0.822. The van der Waals surface area contributed by atoms with E-state index in [4.69, 9.17) is 15.9 Å². The fraction of sp³-hybridized carbons (Fsp3) is 0.250. The van der Waals surface area contributed by atoms with Crippen molar-refractivity contribution in [2.45, 2.75) is 0 Å². The van der Waals surface area contributed by atoms with E-state index in [-0.39, 0.29) is 0 Å². The minimum Gasteiger partial charge on any atom is -0.400 e. The second-order valence-electron chi connectivity index (χ2n) is 1.41. The lowest BCUT2D eigenvalue weighted by Crippen LogP contribution is -1.79. The summed E-state index contributed by atoms with van der Waals surface area (Å²) < 4.78 is 0. The summed E-state index contributed by atoms with van der Waals surface area (Å²) in [5.41, 5.74) is 6.18. The number of nitrogens with two attached hydrogens (primary N) is 1. The number of hydrogen-bond donors (Lipinski definition) is 3. The Morgan fingerprint density at radius 1 is 0.909 bits per heavy atom. The molecule has 1 rings (SSSR count). The third kappa shape index (κ3) is 8.94. The van der Waals surface area contributed by atoms with Crippen molar-refractivity contribution in [3.05, 3.63) is 30.3 Å². The Morgan fingerprint density at radius 2 is 1.27 bits per heavy atom. The zero-order chi connectivity index (χ0) is 9.11. The van der Waals surface area contributed by atoms with Crippen LogP contribution in [-0.4, -0.2) is 24.4 Å². The first kappa shape index (κ1) is 12.6. The molecule has 0 spiro atoms. The van der Waals surface area contributed by atoms with Gasteiger partial charge in [-0.1, -0.05) is 18.2 Å². The van der Waals surface area contributed by atoms with Crippen molar-refractivity contribution in [2.24, 2.45) is 0 Å². The van der Waals surface area contributed by atoms with Crippen LogP contribution < -0.4 is 5.73 Å². The molecule has 0 unspecified atom stereocenters. The van der Waals surface area contributed by atoms with E-state index in [9.17, 15) is 0 Å². The molecular weight excluding hydrogens is 142 g/mol. The van der Waals surface area contributed by atoms with Gasteiger partial charge in [0.1, 0.15) is 0 Å². The molecule has 1 aromatic carbocycles. The number of hydrogen-bond acceptors (Lipinski definition) is 3. The summed E-state index contributed by atoms with van der Waals surface area (Å²) in [6.07, 6.45) is 0. The van der Waals surface area contributed by atoms with Crippen LogP contribution >= 0.6 is 0 Å². The standard InChI is InChI=1S/C6H7N.2CH4O/c7-6-4-2-1-3-5-6;2*1-2/h1-5H,7H2;2*2H,1H3. The fourth-order valence-corrected chi connectivity index (χ4v) is 0.453. The third-order valence-corrected chi connectivity index (χ3v) is 0.800. The fourth-order valence-electron chi connectivity index (χ4n) is 0.453. The van der Waals surface area contributed by atoms with Gasteiger partial charge in [-0.2, -0.15) is 0 Å². The Morgan fingerprint density at radius 3 is 1.45 bits per heavy atom. The van der Waals surface area contributed by atoms with Crippen molar-refractivity contribution >= 4 is 5.69 Å². The third-order valence-electron chi connectivity index (χ3n) is 0.800. The van der Waals surface area contributed by atoms with Crippen LogP contribution in [0.4, 0.5) is 5.69 Å². The highest BCUT2D eigenvalue weighted by atomic mass is 16.2. The van der Waals surface area contributed by atoms with Gasteiger partial charge in [0, 0.05) is 19.9 Å². The average molecular weight is 157 g/mol. The van der Waals surface area contributed by atoms with Gasteiger partial charge in [-0.15, -0.1) is 0 Å². The van der Waals surface area contributed by atoms with E-state index in [0.29, 0.717) is 0 Å².